The molecule has 0 aromatic carbocycles. The molecule has 1 saturated heterocycles. The van der Waals surface area contributed by atoms with E-state index in [-0.39, 0.29) is 11.3 Å². The highest BCUT2D eigenvalue weighted by Crippen LogP contribution is 2.21. The lowest BCUT2D eigenvalue weighted by molar-refractivity contribution is -0.126. The summed E-state index contributed by atoms with van der Waals surface area (Å²) in [6.45, 7) is 7.89. The number of ketones is 1. The zero-order valence-electron chi connectivity index (χ0n) is 7.68. The van der Waals surface area contributed by atoms with Crippen molar-refractivity contribution in [3.63, 3.8) is 0 Å². The van der Waals surface area contributed by atoms with Gasteiger partial charge in [-0.15, -0.1) is 0 Å². The topological polar surface area (TPSA) is 20.3 Å². The number of carbonyl (C=O) groups is 1. The van der Waals surface area contributed by atoms with Crippen LogP contribution in [-0.4, -0.2) is 29.3 Å². The van der Waals surface area contributed by atoms with Gasteiger partial charge in [0.15, 0.2) is 0 Å². The molecule has 0 spiro atoms. The van der Waals surface area contributed by atoms with Gasteiger partial charge in [0.25, 0.3) is 0 Å². The molecule has 1 aliphatic rings. The number of nitrogens with zero attached hydrogens (tertiary/aromatic N) is 1. The second-order valence-electron chi connectivity index (χ2n) is 3.81. The first kappa shape index (κ1) is 8.72. The first-order chi connectivity index (χ1) is 5.05. The number of rotatable bonds is 2. The summed E-state index contributed by atoms with van der Waals surface area (Å²) >= 11 is 0. The van der Waals surface area contributed by atoms with Crippen molar-refractivity contribution in [1.29, 1.82) is 0 Å². The fourth-order valence-electron chi connectivity index (χ4n) is 1.50. The minimum atomic E-state index is -0.226. The van der Waals surface area contributed by atoms with Gasteiger partial charge in [-0.2, -0.15) is 0 Å². The molecule has 0 aliphatic carbocycles. The fraction of sp³-hybridized carbons (Fsp3) is 0.889. The number of hydrogen-bond acceptors (Lipinski definition) is 2. The maximum absolute atomic E-state index is 11.2. The molecule has 1 rings (SSSR count). The highest BCUT2D eigenvalue weighted by Gasteiger charge is 2.32. The molecule has 1 heterocycles. The van der Waals surface area contributed by atoms with E-state index in [1.807, 2.05) is 13.8 Å². The molecule has 2 heteroatoms. The van der Waals surface area contributed by atoms with Crippen LogP contribution in [0.4, 0.5) is 0 Å². The van der Waals surface area contributed by atoms with Crippen molar-refractivity contribution in [2.75, 3.05) is 13.1 Å². The van der Waals surface area contributed by atoms with Gasteiger partial charge in [0.2, 0.25) is 0 Å². The van der Waals surface area contributed by atoms with E-state index in [0.717, 1.165) is 13.1 Å². The van der Waals surface area contributed by atoms with Crippen molar-refractivity contribution >= 4 is 5.78 Å². The van der Waals surface area contributed by atoms with Crippen molar-refractivity contribution in [1.82, 2.24) is 4.90 Å². The lowest BCUT2D eigenvalue weighted by Crippen LogP contribution is -2.47. The standard InChI is InChI=1S/C9H17NO/c1-8(11)9(2,3)10-6-4-5-7-10/h4-7H2,1-3H3. The summed E-state index contributed by atoms with van der Waals surface area (Å²) in [6.07, 6.45) is 2.49. The van der Waals surface area contributed by atoms with E-state index < -0.39 is 0 Å². The average Bonchev–Trinajstić information content (AvgIpc) is 2.37. The van der Waals surface area contributed by atoms with E-state index >= 15 is 0 Å². The van der Waals surface area contributed by atoms with Gasteiger partial charge >= 0.3 is 0 Å². The van der Waals surface area contributed by atoms with Gasteiger partial charge in [-0.25, -0.2) is 0 Å². The molecule has 0 N–H and O–H groups in total. The van der Waals surface area contributed by atoms with Crippen molar-refractivity contribution < 1.29 is 4.79 Å². The van der Waals surface area contributed by atoms with Crippen molar-refractivity contribution in [3.05, 3.63) is 0 Å². The van der Waals surface area contributed by atoms with Crippen LogP contribution in [0.1, 0.15) is 33.6 Å². The predicted molar refractivity (Wildman–Crippen MR) is 45.6 cm³/mol. The highest BCUT2D eigenvalue weighted by molar-refractivity contribution is 5.85. The second kappa shape index (κ2) is 2.94. The van der Waals surface area contributed by atoms with Gasteiger partial charge in [0.05, 0.1) is 5.54 Å². The lowest BCUT2D eigenvalue weighted by atomic mass is 9.98. The smallest absolute Gasteiger partial charge is 0.149 e. The molecule has 0 bridgehead atoms. The fourth-order valence-corrected chi connectivity index (χ4v) is 1.50. The minimum absolute atomic E-state index is 0.226. The Hall–Kier alpha value is -0.370. The summed E-state index contributed by atoms with van der Waals surface area (Å²) in [5, 5.41) is 0. The Bertz CT molecular complexity index is 157. The van der Waals surface area contributed by atoms with Gasteiger partial charge < -0.3 is 0 Å². The Balaban J connectivity index is 2.62. The predicted octanol–water partition coefficient (Wildman–Crippen LogP) is 1.45. The van der Waals surface area contributed by atoms with E-state index in [1.165, 1.54) is 12.8 Å². The number of hydrogen-bond donors (Lipinski definition) is 0. The van der Waals surface area contributed by atoms with E-state index in [9.17, 15) is 4.79 Å². The second-order valence-corrected chi connectivity index (χ2v) is 3.81. The Morgan fingerprint density at radius 1 is 1.27 bits per heavy atom. The normalized spacial score (nSPS) is 20.6. The summed E-state index contributed by atoms with van der Waals surface area (Å²) < 4.78 is 0. The van der Waals surface area contributed by atoms with Gasteiger partial charge in [0.1, 0.15) is 5.78 Å². The molecule has 0 radical (unpaired) electrons. The quantitative estimate of drug-likeness (QED) is 0.601. The molecular weight excluding hydrogens is 138 g/mol. The molecule has 11 heavy (non-hydrogen) atoms. The van der Waals surface area contributed by atoms with Crippen LogP contribution < -0.4 is 0 Å². The average molecular weight is 155 g/mol. The Kier molecular flexibility index (Phi) is 2.33. The van der Waals surface area contributed by atoms with Gasteiger partial charge in [-0.1, -0.05) is 0 Å². The third-order valence-corrected chi connectivity index (χ3v) is 2.76. The molecule has 0 unspecified atom stereocenters. The van der Waals surface area contributed by atoms with Crippen LogP contribution in [0.15, 0.2) is 0 Å². The van der Waals surface area contributed by atoms with E-state index in [2.05, 4.69) is 4.90 Å². The number of likely N-dealkylation sites (tertiary alicyclic amines) is 1. The molecule has 1 aliphatic heterocycles. The number of Topliss-reactive ketones (excluding diaryl/α,β-unsaturated/α-hetero) is 1. The summed E-state index contributed by atoms with van der Waals surface area (Å²) in [7, 11) is 0. The Labute approximate surface area is 68.6 Å². The zero-order chi connectivity index (χ0) is 8.48. The largest absolute Gasteiger partial charge is 0.298 e. The Morgan fingerprint density at radius 3 is 2.09 bits per heavy atom. The zero-order valence-corrected chi connectivity index (χ0v) is 7.68. The molecule has 0 amide bonds. The van der Waals surface area contributed by atoms with Crippen molar-refractivity contribution in [3.8, 4) is 0 Å². The molecule has 1 fully saturated rings. The molecular formula is C9H17NO. The van der Waals surface area contributed by atoms with E-state index in [0.29, 0.717) is 0 Å². The van der Waals surface area contributed by atoms with Crippen molar-refractivity contribution in [2.45, 2.75) is 39.2 Å². The van der Waals surface area contributed by atoms with Crippen LogP contribution in [0.3, 0.4) is 0 Å². The van der Waals surface area contributed by atoms with Crippen LogP contribution in [0.25, 0.3) is 0 Å². The van der Waals surface area contributed by atoms with Crippen LogP contribution >= 0.6 is 0 Å². The van der Waals surface area contributed by atoms with Crippen LogP contribution in [0, 0.1) is 0 Å². The third-order valence-electron chi connectivity index (χ3n) is 2.76. The minimum Gasteiger partial charge on any atom is -0.298 e. The lowest BCUT2D eigenvalue weighted by Gasteiger charge is -2.32. The van der Waals surface area contributed by atoms with Gasteiger partial charge in [-0.05, 0) is 46.7 Å². The van der Waals surface area contributed by atoms with E-state index in [1.54, 1.807) is 6.92 Å². The first-order valence-electron chi connectivity index (χ1n) is 4.31. The van der Waals surface area contributed by atoms with Gasteiger partial charge in [0, 0.05) is 0 Å². The van der Waals surface area contributed by atoms with Gasteiger partial charge in [-0.3, -0.25) is 9.69 Å². The number of carbonyl (C=O) groups excluding carboxylic acids is 1. The summed E-state index contributed by atoms with van der Waals surface area (Å²) in [5.74, 6) is 0.277. The maximum Gasteiger partial charge on any atom is 0.149 e. The van der Waals surface area contributed by atoms with Crippen molar-refractivity contribution in [2.24, 2.45) is 0 Å². The SMILES string of the molecule is CC(=O)C(C)(C)N1CCCC1. The summed E-state index contributed by atoms with van der Waals surface area (Å²) in [6, 6.07) is 0. The highest BCUT2D eigenvalue weighted by atomic mass is 16.1. The van der Waals surface area contributed by atoms with E-state index in [4.69, 9.17) is 0 Å². The molecule has 0 saturated carbocycles. The summed E-state index contributed by atoms with van der Waals surface area (Å²) in [5.41, 5.74) is -0.226. The molecule has 64 valence electrons. The maximum atomic E-state index is 11.2. The van der Waals surface area contributed by atoms with Crippen LogP contribution in [0.2, 0.25) is 0 Å². The third kappa shape index (κ3) is 1.62. The molecule has 2 nitrogen and oxygen atoms in total. The molecule has 0 aromatic heterocycles. The Morgan fingerprint density at radius 2 is 1.73 bits per heavy atom. The summed E-state index contributed by atoms with van der Waals surface area (Å²) in [4.78, 5) is 13.5. The monoisotopic (exact) mass is 155 g/mol. The van der Waals surface area contributed by atoms with Crippen LogP contribution in [-0.2, 0) is 4.79 Å². The van der Waals surface area contributed by atoms with Crippen LogP contribution in [0.5, 0.6) is 0 Å². The molecule has 0 aromatic rings. The molecule has 0 atom stereocenters. The first-order valence-corrected chi connectivity index (χ1v) is 4.31.